The molecule has 0 atom stereocenters. The van der Waals surface area contributed by atoms with Crippen molar-refractivity contribution in [1.82, 2.24) is 4.90 Å². The average molecular weight is 291 g/mol. The highest BCUT2D eigenvalue weighted by atomic mass is 32.2. The Morgan fingerprint density at radius 3 is 2.50 bits per heavy atom. The molecule has 0 aromatic heterocycles. The van der Waals surface area contributed by atoms with Crippen LogP contribution >= 0.6 is 11.8 Å². The zero-order valence-corrected chi connectivity index (χ0v) is 12.8. The molecule has 2 rings (SSSR count). The van der Waals surface area contributed by atoms with E-state index in [0.29, 0.717) is 4.91 Å². The molecule has 5 heteroatoms. The van der Waals surface area contributed by atoms with E-state index in [1.165, 1.54) is 4.90 Å². The SMILES string of the molecule is COc1ccc(/C=C2\SC(=O)N(C(C)C)C2=O)c(C)c1. The number of aryl methyl sites for hydroxylation is 1. The molecule has 0 aliphatic carbocycles. The highest BCUT2D eigenvalue weighted by Crippen LogP contribution is 2.34. The van der Waals surface area contributed by atoms with Crippen molar-refractivity contribution in [3.63, 3.8) is 0 Å². The maximum absolute atomic E-state index is 12.2. The lowest BCUT2D eigenvalue weighted by Gasteiger charge is -2.16. The van der Waals surface area contributed by atoms with E-state index in [9.17, 15) is 9.59 Å². The number of rotatable bonds is 3. The molecular formula is C15H17NO3S. The quantitative estimate of drug-likeness (QED) is 0.800. The molecule has 0 bridgehead atoms. The summed E-state index contributed by atoms with van der Waals surface area (Å²) in [6.45, 7) is 5.61. The molecule has 0 N–H and O–H groups in total. The summed E-state index contributed by atoms with van der Waals surface area (Å²) in [4.78, 5) is 25.8. The number of hydrogen-bond acceptors (Lipinski definition) is 4. The highest BCUT2D eigenvalue weighted by molar-refractivity contribution is 8.18. The molecule has 0 radical (unpaired) electrons. The summed E-state index contributed by atoms with van der Waals surface area (Å²) in [5.74, 6) is 0.556. The van der Waals surface area contributed by atoms with Gasteiger partial charge < -0.3 is 4.74 Å². The van der Waals surface area contributed by atoms with Crippen LogP contribution in [-0.2, 0) is 4.79 Å². The first kappa shape index (κ1) is 14.7. The van der Waals surface area contributed by atoms with Crippen LogP contribution in [0.3, 0.4) is 0 Å². The molecule has 0 unspecified atom stereocenters. The molecule has 20 heavy (non-hydrogen) atoms. The summed E-state index contributed by atoms with van der Waals surface area (Å²) in [7, 11) is 1.61. The molecule has 1 aromatic rings. The number of carbonyl (C=O) groups excluding carboxylic acids is 2. The standard InChI is InChI=1S/C15H17NO3S/c1-9(2)16-14(17)13(20-15(16)18)8-11-5-6-12(19-4)7-10(11)3/h5-9H,1-4H3/b13-8-. The van der Waals surface area contributed by atoms with Crippen molar-refractivity contribution in [3.8, 4) is 5.75 Å². The lowest BCUT2D eigenvalue weighted by Crippen LogP contribution is -2.34. The number of methoxy groups -OCH3 is 1. The molecule has 1 fully saturated rings. The fraction of sp³-hybridized carbons (Fsp3) is 0.333. The van der Waals surface area contributed by atoms with E-state index >= 15 is 0 Å². The van der Waals surface area contributed by atoms with Crippen LogP contribution < -0.4 is 4.74 Å². The minimum atomic E-state index is -0.217. The second-order valence-corrected chi connectivity index (χ2v) is 5.86. The van der Waals surface area contributed by atoms with Gasteiger partial charge in [-0.2, -0.15) is 0 Å². The van der Waals surface area contributed by atoms with Gasteiger partial charge in [0.15, 0.2) is 0 Å². The summed E-state index contributed by atoms with van der Waals surface area (Å²) in [6, 6.07) is 5.51. The first-order valence-corrected chi connectivity index (χ1v) is 7.17. The maximum atomic E-state index is 12.2. The minimum absolute atomic E-state index is 0.120. The number of amides is 2. The Hall–Kier alpha value is -1.75. The molecule has 1 aliphatic rings. The molecule has 0 saturated carbocycles. The van der Waals surface area contributed by atoms with E-state index in [1.54, 1.807) is 13.2 Å². The van der Waals surface area contributed by atoms with Gasteiger partial charge in [0.05, 0.1) is 12.0 Å². The number of benzene rings is 1. The number of imide groups is 1. The largest absolute Gasteiger partial charge is 0.497 e. The third kappa shape index (κ3) is 2.72. The van der Waals surface area contributed by atoms with Gasteiger partial charge in [0.25, 0.3) is 11.1 Å². The Morgan fingerprint density at radius 2 is 2.00 bits per heavy atom. The zero-order valence-electron chi connectivity index (χ0n) is 12.0. The van der Waals surface area contributed by atoms with Gasteiger partial charge in [-0.1, -0.05) is 6.07 Å². The summed E-state index contributed by atoms with van der Waals surface area (Å²) >= 11 is 0.991. The van der Waals surface area contributed by atoms with Crippen LogP contribution in [0.15, 0.2) is 23.1 Å². The van der Waals surface area contributed by atoms with E-state index in [0.717, 1.165) is 28.6 Å². The number of ether oxygens (including phenoxy) is 1. The second-order valence-electron chi connectivity index (χ2n) is 4.87. The van der Waals surface area contributed by atoms with Gasteiger partial charge in [0.1, 0.15) is 5.75 Å². The first-order valence-electron chi connectivity index (χ1n) is 6.35. The van der Waals surface area contributed by atoms with Crippen LogP contribution in [0.4, 0.5) is 4.79 Å². The Bertz CT molecular complexity index is 593. The van der Waals surface area contributed by atoms with E-state index in [2.05, 4.69) is 0 Å². The Kier molecular flexibility index (Phi) is 4.18. The topological polar surface area (TPSA) is 46.6 Å². The summed E-state index contributed by atoms with van der Waals surface area (Å²) in [5, 5.41) is -0.206. The van der Waals surface area contributed by atoms with Crippen LogP contribution in [0.2, 0.25) is 0 Å². The third-order valence-corrected chi connectivity index (χ3v) is 3.99. The molecular weight excluding hydrogens is 274 g/mol. The predicted molar refractivity (Wildman–Crippen MR) is 80.7 cm³/mol. The molecule has 2 amide bonds. The minimum Gasteiger partial charge on any atom is -0.497 e. The molecule has 4 nitrogen and oxygen atoms in total. The van der Waals surface area contributed by atoms with Crippen molar-refractivity contribution in [2.45, 2.75) is 26.8 Å². The fourth-order valence-corrected chi connectivity index (χ4v) is 2.96. The molecule has 0 spiro atoms. The zero-order chi connectivity index (χ0) is 14.9. The number of nitrogens with zero attached hydrogens (tertiary/aromatic N) is 1. The summed E-state index contributed by atoms with van der Waals surface area (Å²) in [5.41, 5.74) is 1.92. The van der Waals surface area contributed by atoms with Crippen LogP contribution in [0, 0.1) is 6.92 Å². The lowest BCUT2D eigenvalue weighted by molar-refractivity contribution is -0.123. The van der Waals surface area contributed by atoms with Crippen molar-refractivity contribution in [3.05, 3.63) is 34.2 Å². The van der Waals surface area contributed by atoms with Crippen molar-refractivity contribution < 1.29 is 14.3 Å². The Morgan fingerprint density at radius 1 is 1.30 bits per heavy atom. The van der Waals surface area contributed by atoms with Gasteiger partial charge >= 0.3 is 0 Å². The van der Waals surface area contributed by atoms with Gasteiger partial charge in [0, 0.05) is 6.04 Å². The summed E-state index contributed by atoms with van der Waals surface area (Å²) in [6.07, 6.45) is 1.77. The van der Waals surface area contributed by atoms with Gasteiger partial charge in [0.2, 0.25) is 0 Å². The van der Waals surface area contributed by atoms with Crippen LogP contribution in [0.1, 0.15) is 25.0 Å². The van der Waals surface area contributed by atoms with Crippen LogP contribution in [0.25, 0.3) is 6.08 Å². The smallest absolute Gasteiger partial charge is 0.293 e. The van der Waals surface area contributed by atoms with Gasteiger partial charge in [-0.3, -0.25) is 14.5 Å². The predicted octanol–water partition coefficient (Wildman–Crippen LogP) is 3.45. The Labute approximate surface area is 122 Å². The summed E-state index contributed by atoms with van der Waals surface area (Å²) < 4.78 is 5.15. The molecule has 1 aromatic carbocycles. The van der Waals surface area contributed by atoms with Crippen molar-refractivity contribution in [2.24, 2.45) is 0 Å². The van der Waals surface area contributed by atoms with Crippen molar-refractivity contribution in [2.75, 3.05) is 7.11 Å². The Balaban J connectivity index is 2.33. The van der Waals surface area contributed by atoms with E-state index in [1.807, 2.05) is 39.0 Å². The van der Waals surface area contributed by atoms with Gasteiger partial charge in [-0.25, -0.2) is 0 Å². The third-order valence-electron chi connectivity index (χ3n) is 3.10. The van der Waals surface area contributed by atoms with E-state index in [4.69, 9.17) is 4.74 Å². The number of hydrogen-bond donors (Lipinski definition) is 0. The lowest BCUT2D eigenvalue weighted by atomic mass is 10.1. The highest BCUT2D eigenvalue weighted by Gasteiger charge is 2.36. The molecule has 106 valence electrons. The normalized spacial score (nSPS) is 17.4. The van der Waals surface area contributed by atoms with E-state index in [-0.39, 0.29) is 17.2 Å². The van der Waals surface area contributed by atoms with E-state index < -0.39 is 0 Å². The first-order chi connectivity index (χ1) is 9.43. The maximum Gasteiger partial charge on any atom is 0.293 e. The van der Waals surface area contributed by atoms with Gasteiger partial charge in [-0.15, -0.1) is 0 Å². The van der Waals surface area contributed by atoms with Crippen molar-refractivity contribution in [1.29, 1.82) is 0 Å². The number of carbonyl (C=O) groups is 2. The van der Waals surface area contributed by atoms with Crippen LogP contribution in [-0.4, -0.2) is 29.2 Å². The van der Waals surface area contributed by atoms with Crippen LogP contribution in [0.5, 0.6) is 5.75 Å². The van der Waals surface area contributed by atoms with Gasteiger partial charge in [-0.05, 0) is 61.9 Å². The number of thioether (sulfide) groups is 1. The molecule has 1 aliphatic heterocycles. The molecule has 1 saturated heterocycles. The van der Waals surface area contributed by atoms with Crippen molar-refractivity contribution >= 4 is 29.0 Å². The second kappa shape index (κ2) is 5.71. The average Bonchev–Trinajstić information content (AvgIpc) is 2.66. The monoisotopic (exact) mass is 291 g/mol. The fourth-order valence-electron chi connectivity index (χ4n) is 2.00. The molecule has 1 heterocycles.